The molecule has 0 N–H and O–H groups in total. The largest absolute Gasteiger partial charge is 1.00 e. The molecular weight excluding hydrogens is 244 g/mol. The SMILES string of the molecule is O=S([O-])C1CCCCC1.[Ag+]. The van der Waals surface area contributed by atoms with Gasteiger partial charge >= 0.3 is 22.4 Å². The van der Waals surface area contributed by atoms with Gasteiger partial charge in [0.25, 0.3) is 0 Å². The summed E-state index contributed by atoms with van der Waals surface area (Å²) in [5, 5.41) is -0.0289. The summed E-state index contributed by atoms with van der Waals surface area (Å²) in [7, 11) is 0. The van der Waals surface area contributed by atoms with Crippen molar-refractivity contribution in [3.05, 3.63) is 0 Å². The first-order valence-corrected chi connectivity index (χ1v) is 4.52. The van der Waals surface area contributed by atoms with Crippen molar-refractivity contribution in [1.82, 2.24) is 0 Å². The van der Waals surface area contributed by atoms with E-state index in [0.717, 1.165) is 25.7 Å². The van der Waals surface area contributed by atoms with Gasteiger partial charge in [-0.1, -0.05) is 30.3 Å². The van der Waals surface area contributed by atoms with Crippen molar-refractivity contribution < 1.29 is 31.1 Å². The molecule has 10 heavy (non-hydrogen) atoms. The smallest absolute Gasteiger partial charge is 0.772 e. The number of rotatable bonds is 1. The molecule has 0 saturated heterocycles. The van der Waals surface area contributed by atoms with E-state index < -0.39 is 11.1 Å². The van der Waals surface area contributed by atoms with Crippen LogP contribution < -0.4 is 0 Å². The molecule has 0 aromatic heterocycles. The third kappa shape index (κ3) is 3.30. The first kappa shape index (κ1) is 10.9. The van der Waals surface area contributed by atoms with Gasteiger partial charge < -0.3 is 4.55 Å². The van der Waals surface area contributed by atoms with Crippen molar-refractivity contribution in [3.8, 4) is 0 Å². The van der Waals surface area contributed by atoms with E-state index in [2.05, 4.69) is 0 Å². The fourth-order valence-electron chi connectivity index (χ4n) is 1.26. The van der Waals surface area contributed by atoms with E-state index in [1.807, 2.05) is 0 Å². The van der Waals surface area contributed by atoms with Gasteiger partial charge in [0.15, 0.2) is 0 Å². The second-order valence-corrected chi connectivity index (χ2v) is 3.71. The summed E-state index contributed by atoms with van der Waals surface area (Å²) in [4.78, 5) is 0. The molecule has 64 valence electrons. The van der Waals surface area contributed by atoms with E-state index in [1.165, 1.54) is 6.42 Å². The molecule has 2 nitrogen and oxygen atoms in total. The van der Waals surface area contributed by atoms with E-state index in [0.29, 0.717) is 0 Å². The van der Waals surface area contributed by atoms with Gasteiger partial charge in [-0.25, -0.2) is 0 Å². The van der Waals surface area contributed by atoms with Gasteiger partial charge in [-0.05, 0) is 12.8 Å². The molecule has 1 aliphatic carbocycles. The summed E-state index contributed by atoms with van der Waals surface area (Å²) in [6.07, 6.45) is 5.18. The quantitative estimate of drug-likeness (QED) is 0.521. The second-order valence-electron chi connectivity index (χ2n) is 2.52. The van der Waals surface area contributed by atoms with Crippen LogP contribution in [0.25, 0.3) is 0 Å². The zero-order chi connectivity index (χ0) is 6.69. The monoisotopic (exact) mass is 254 g/mol. The molecule has 0 aliphatic heterocycles. The first-order valence-electron chi connectivity index (χ1n) is 3.39. The van der Waals surface area contributed by atoms with Crippen LogP contribution in [-0.2, 0) is 33.5 Å². The Morgan fingerprint density at radius 1 is 1.20 bits per heavy atom. The molecule has 0 bridgehead atoms. The Kier molecular flexibility index (Phi) is 5.96. The van der Waals surface area contributed by atoms with Crippen molar-refractivity contribution >= 4 is 11.1 Å². The number of hydrogen-bond acceptors (Lipinski definition) is 2. The minimum Gasteiger partial charge on any atom is -0.772 e. The molecule has 1 aliphatic rings. The van der Waals surface area contributed by atoms with Crippen LogP contribution in [0, 0.1) is 0 Å². The Morgan fingerprint density at radius 3 is 2.00 bits per heavy atom. The number of hydrogen-bond donors (Lipinski definition) is 0. The summed E-state index contributed by atoms with van der Waals surface area (Å²) >= 11 is -1.80. The summed E-state index contributed by atoms with van der Waals surface area (Å²) in [5.74, 6) is 0. The third-order valence-electron chi connectivity index (χ3n) is 1.82. The maximum absolute atomic E-state index is 10.4. The molecule has 0 aromatic rings. The van der Waals surface area contributed by atoms with Gasteiger partial charge in [0, 0.05) is 5.25 Å². The van der Waals surface area contributed by atoms with Gasteiger partial charge in [0.05, 0.1) is 0 Å². The maximum atomic E-state index is 10.4. The van der Waals surface area contributed by atoms with Crippen LogP contribution in [0.4, 0.5) is 0 Å². The zero-order valence-electron chi connectivity index (χ0n) is 5.64. The summed E-state index contributed by atoms with van der Waals surface area (Å²) in [6, 6.07) is 0. The predicted octanol–water partition coefficient (Wildman–Crippen LogP) is 1.20. The summed E-state index contributed by atoms with van der Waals surface area (Å²) in [6.45, 7) is 0. The molecule has 0 aromatic carbocycles. The summed E-state index contributed by atoms with van der Waals surface area (Å²) < 4.78 is 20.7. The average Bonchev–Trinajstić information content (AvgIpc) is 1.90. The maximum Gasteiger partial charge on any atom is 1.00 e. The van der Waals surface area contributed by atoms with Crippen molar-refractivity contribution in [2.75, 3.05) is 0 Å². The van der Waals surface area contributed by atoms with Crippen LogP contribution in [0.15, 0.2) is 0 Å². The Hall–Kier alpha value is 0.850. The van der Waals surface area contributed by atoms with E-state index in [4.69, 9.17) is 0 Å². The zero-order valence-corrected chi connectivity index (χ0v) is 7.94. The van der Waals surface area contributed by atoms with Gasteiger partial charge in [0.2, 0.25) is 0 Å². The molecule has 0 heterocycles. The minimum atomic E-state index is -1.80. The summed E-state index contributed by atoms with van der Waals surface area (Å²) in [5.41, 5.74) is 0. The topological polar surface area (TPSA) is 40.1 Å². The van der Waals surface area contributed by atoms with Crippen LogP contribution in [0.5, 0.6) is 0 Å². The van der Waals surface area contributed by atoms with Gasteiger partial charge in [-0.3, -0.25) is 4.21 Å². The van der Waals surface area contributed by atoms with Crippen LogP contribution >= 0.6 is 0 Å². The van der Waals surface area contributed by atoms with Crippen LogP contribution in [0.3, 0.4) is 0 Å². The Morgan fingerprint density at radius 2 is 1.70 bits per heavy atom. The van der Waals surface area contributed by atoms with Gasteiger partial charge in [-0.15, -0.1) is 0 Å². The molecule has 0 radical (unpaired) electrons. The fourth-order valence-corrected chi connectivity index (χ4v) is 1.98. The van der Waals surface area contributed by atoms with Crippen molar-refractivity contribution in [3.63, 3.8) is 0 Å². The van der Waals surface area contributed by atoms with E-state index in [1.54, 1.807) is 0 Å². The molecule has 1 rings (SSSR count). The van der Waals surface area contributed by atoms with Crippen molar-refractivity contribution in [2.45, 2.75) is 37.4 Å². The standard InChI is InChI=1S/C6H12O2S.Ag/c7-9(8)6-4-2-1-3-5-6;/h6H,1-5H2,(H,7,8);/q;+1/p-1. The molecule has 1 fully saturated rings. The predicted molar refractivity (Wildman–Crippen MR) is 35.8 cm³/mol. The Labute approximate surface area is 79.6 Å². The molecule has 0 spiro atoms. The molecule has 0 amide bonds. The van der Waals surface area contributed by atoms with Crippen LogP contribution in [0.1, 0.15) is 32.1 Å². The normalized spacial score (nSPS) is 23.3. The van der Waals surface area contributed by atoms with Crippen LogP contribution in [-0.4, -0.2) is 14.0 Å². The Balaban J connectivity index is 0.000000810. The first-order chi connectivity index (χ1) is 4.30. The van der Waals surface area contributed by atoms with Crippen LogP contribution in [0.2, 0.25) is 0 Å². The van der Waals surface area contributed by atoms with E-state index in [-0.39, 0.29) is 27.6 Å². The van der Waals surface area contributed by atoms with Gasteiger partial charge in [-0.2, -0.15) is 0 Å². The van der Waals surface area contributed by atoms with Gasteiger partial charge in [0.1, 0.15) is 0 Å². The fraction of sp³-hybridized carbons (Fsp3) is 1.00. The van der Waals surface area contributed by atoms with Crippen molar-refractivity contribution in [1.29, 1.82) is 0 Å². The Bertz CT molecular complexity index is 112. The van der Waals surface area contributed by atoms with Crippen molar-refractivity contribution in [2.24, 2.45) is 0 Å². The third-order valence-corrected chi connectivity index (χ3v) is 2.84. The molecular formula is C6H11AgO2S. The average molecular weight is 255 g/mol. The van der Waals surface area contributed by atoms with E-state index in [9.17, 15) is 8.76 Å². The molecule has 1 saturated carbocycles. The molecule has 4 heteroatoms. The second kappa shape index (κ2) is 5.49. The molecule has 1 unspecified atom stereocenters. The minimum absolute atomic E-state index is 0. The molecule has 1 atom stereocenters. The van der Waals surface area contributed by atoms with E-state index >= 15 is 0 Å².